The molecule has 1 aliphatic rings. The molecule has 0 amide bonds. The molecule has 0 bridgehead atoms. The summed E-state index contributed by atoms with van der Waals surface area (Å²) in [6.07, 6.45) is 2.08. The molecule has 1 aliphatic carbocycles. The number of halogens is 1. The first-order valence-electron chi connectivity index (χ1n) is 5.99. The van der Waals surface area contributed by atoms with Crippen LogP contribution < -0.4 is 0 Å². The first-order chi connectivity index (χ1) is 8.72. The van der Waals surface area contributed by atoms with E-state index in [1.807, 2.05) is 0 Å². The van der Waals surface area contributed by atoms with Gasteiger partial charge in [0.25, 0.3) is 0 Å². The van der Waals surface area contributed by atoms with Crippen LogP contribution in [0, 0.1) is 11.7 Å². The van der Waals surface area contributed by atoms with Crippen molar-refractivity contribution in [3.05, 3.63) is 36.0 Å². The van der Waals surface area contributed by atoms with Crippen LogP contribution in [-0.2, 0) is 6.42 Å². The molecule has 1 atom stereocenters. The van der Waals surface area contributed by atoms with E-state index in [1.165, 1.54) is 12.1 Å². The Morgan fingerprint density at radius 2 is 2.28 bits per heavy atom. The molecule has 0 aliphatic heterocycles. The summed E-state index contributed by atoms with van der Waals surface area (Å²) in [4.78, 5) is 4.17. The van der Waals surface area contributed by atoms with Crippen LogP contribution >= 0.6 is 0 Å². The molecule has 0 spiro atoms. The maximum absolute atomic E-state index is 13.1. The van der Waals surface area contributed by atoms with Crippen molar-refractivity contribution in [2.45, 2.75) is 25.4 Å². The number of aliphatic hydroxyl groups is 1. The smallest absolute Gasteiger partial charge is 0.229 e. The van der Waals surface area contributed by atoms with Gasteiger partial charge in [0.15, 0.2) is 0 Å². The minimum absolute atomic E-state index is 0.336. The third-order valence-corrected chi connectivity index (χ3v) is 3.10. The summed E-state index contributed by atoms with van der Waals surface area (Å²) in [6, 6.07) is 6.03. The zero-order chi connectivity index (χ0) is 12.5. The molecule has 18 heavy (non-hydrogen) atoms. The zero-order valence-corrected chi connectivity index (χ0v) is 9.71. The van der Waals surface area contributed by atoms with E-state index in [4.69, 9.17) is 4.52 Å². The van der Waals surface area contributed by atoms with Gasteiger partial charge in [-0.2, -0.15) is 4.98 Å². The molecule has 1 N–H and O–H groups in total. The van der Waals surface area contributed by atoms with E-state index in [1.54, 1.807) is 12.1 Å². The fraction of sp³-hybridized carbons (Fsp3) is 0.385. The zero-order valence-electron chi connectivity index (χ0n) is 9.71. The molecule has 4 nitrogen and oxygen atoms in total. The molecule has 1 heterocycles. The Kier molecular flexibility index (Phi) is 2.83. The van der Waals surface area contributed by atoms with Crippen LogP contribution in [0.25, 0.3) is 11.4 Å². The van der Waals surface area contributed by atoms with E-state index in [9.17, 15) is 9.50 Å². The van der Waals surface area contributed by atoms with E-state index in [0.29, 0.717) is 29.6 Å². The SMILES string of the molecule is OC(Cc1nc(-c2cccc(F)c2)no1)C1CC1. The van der Waals surface area contributed by atoms with Crippen molar-refractivity contribution in [3.8, 4) is 11.4 Å². The summed E-state index contributed by atoms with van der Waals surface area (Å²) in [6.45, 7) is 0. The second kappa shape index (κ2) is 4.49. The Hall–Kier alpha value is -1.75. The van der Waals surface area contributed by atoms with E-state index in [2.05, 4.69) is 10.1 Å². The topological polar surface area (TPSA) is 59.2 Å². The lowest BCUT2D eigenvalue weighted by atomic mass is 10.1. The van der Waals surface area contributed by atoms with Crippen molar-refractivity contribution in [2.24, 2.45) is 5.92 Å². The highest BCUT2D eigenvalue weighted by atomic mass is 19.1. The van der Waals surface area contributed by atoms with E-state index in [0.717, 1.165) is 12.8 Å². The van der Waals surface area contributed by atoms with Gasteiger partial charge in [0.2, 0.25) is 11.7 Å². The van der Waals surface area contributed by atoms with Crippen LogP contribution in [0.4, 0.5) is 4.39 Å². The Labute approximate surface area is 103 Å². The van der Waals surface area contributed by atoms with Gasteiger partial charge < -0.3 is 9.63 Å². The van der Waals surface area contributed by atoms with Gasteiger partial charge in [0, 0.05) is 5.56 Å². The van der Waals surface area contributed by atoms with Gasteiger partial charge in [-0.3, -0.25) is 0 Å². The Morgan fingerprint density at radius 1 is 1.44 bits per heavy atom. The van der Waals surface area contributed by atoms with Crippen LogP contribution in [0.5, 0.6) is 0 Å². The molecule has 1 fully saturated rings. The summed E-state index contributed by atoms with van der Waals surface area (Å²) < 4.78 is 18.1. The third kappa shape index (κ3) is 2.41. The van der Waals surface area contributed by atoms with Crippen LogP contribution in [-0.4, -0.2) is 21.4 Å². The Bertz CT molecular complexity index is 551. The molecular weight excluding hydrogens is 235 g/mol. The van der Waals surface area contributed by atoms with Gasteiger partial charge in [-0.25, -0.2) is 4.39 Å². The molecule has 5 heteroatoms. The summed E-state index contributed by atoms with van der Waals surface area (Å²) in [7, 11) is 0. The highest BCUT2D eigenvalue weighted by Crippen LogP contribution is 2.33. The molecule has 2 aromatic rings. The fourth-order valence-electron chi connectivity index (χ4n) is 1.91. The maximum Gasteiger partial charge on any atom is 0.229 e. The first kappa shape index (κ1) is 11.3. The van der Waals surface area contributed by atoms with Gasteiger partial charge in [-0.15, -0.1) is 0 Å². The van der Waals surface area contributed by atoms with Gasteiger partial charge in [-0.05, 0) is 30.9 Å². The van der Waals surface area contributed by atoms with Crippen molar-refractivity contribution in [2.75, 3.05) is 0 Å². The van der Waals surface area contributed by atoms with Crippen LogP contribution in [0.15, 0.2) is 28.8 Å². The number of aliphatic hydroxyl groups excluding tert-OH is 1. The molecule has 94 valence electrons. The van der Waals surface area contributed by atoms with Crippen molar-refractivity contribution < 1.29 is 14.0 Å². The molecule has 0 radical (unpaired) electrons. The minimum Gasteiger partial charge on any atom is -0.392 e. The molecule has 1 aromatic heterocycles. The Balaban J connectivity index is 1.76. The lowest BCUT2D eigenvalue weighted by Crippen LogP contribution is -2.12. The van der Waals surface area contributed by atoms with Gasteiger partial charge >= 0.3 is 0 Å². The predicted molar refractivity (Wildman–Crippen MR) is 62.1 cm³/mol. The number of benzene rings is 1. The second-order valence-corrected chi connectivity index (χ2v) is 4.63. The molecule has 1 aromatic carbocycles. The fourth-order valence-corrected chi connectivity index (χ4v) is 1.91. The number of nitrogens with zero attached hydrogens (tertiary/aromatic N) is 2. The largest absolute Gasteiger partial charge is 0.392 e. The molecule has 1 saturated carbocycles. The van der Waals surface area contributed by atoms with Crippen LogP contribution in [0.3, 0.4) is 0 Å². The standard InChI is InChI=1S/C13H13FN2O2/c14-10-3-1-2-9(6-10)13-15-12(18-16-13)7-11(17)8-4-5-8/h1-3,6,8,11,17H,4-5,7H2. The number of hydrogen-bond donors (Lipinski definition) is 1. The van der Waals surface area contributed by atoms with Crippen molar-refractivity contribution in [1.29, 1.82) is 0 Å². The molecule has 1 unspecified atom stereocenters. The summed E-state index contributed by atoms with van der Waals surface area (Å²) in [5, 5.41) is 13.6. The van der Waals surface area contributed by atoms with Crippen LogP contribution in [0.2, 0.25) is 0 Å². The predicted octanol–water partition coefficient (Wildman–Crippen LogP) is 2.19. The highest BCUT2D eigenvalue weighted by molar-refractivity contribution is 5.53. The van der Waals surface area contributed by atoms with E-state index >= 15 is 0 Å². The lowest BCUT2D eigenvalue weighted by Gasteiger charge is -2.03. The number of hydrogen-bond acceptors (Lipinski definition) is 4. The average Bonchev–Trinajstić information content (AvgIpc) is 3.10. The van der Waals surface area contributed by atoms with Gasteiger partial charge in [0.05, 0.1) is 12.5 Å². The maximum atomic E-state index is 13.1. The van der Waals surface area contributed by atoms with Crippen molar-refractivity contribution >= 4 is 0 Å². The van der Waals surface area contributed by atoms with Crippen LogP contribution in [0.1, 0.15) is 18.7 Å². The summed E-state index contributed by atoms with van der Waals surface area (Å²) in [5.41, 5.74) is 0.575. The third-order valence-electron chi connectivity index (χ3n) is 3.10. The normalized spacial score (nSPS) is 16.8. The van der Waals surface area contributed by atoms with Crippen molar-refractivity contribution in [3.63, 3.8) is 0 Å². The average molecular weight is 248 g/mol. The van der Waals surface area contributed by atoms with Gasteiger partial charge in [0.1, 0.15) is 5.82 Å². The molecule has 0 saturated heterocycles. The van der Waals surface area contributed by atoms with Gasteiger partial charge in [-0.1, -0.05) is 17.3 Å². The van der Waals surface area contributed by atoms with E-state index in [-0.39, 0.29) is 5.82 Å². The Morgan fingerprint density at radius 3 is 3.00 bits per heavy atom. The van der Waals surface area contributed by atoms with E-state index < -0.39 is 6.10 Å². The molecular formula is C13H13FN2O2. The number of rotatable bonds is 4. The minimum atomic E-state index is -0.411. The lowest BCUT2D eigenvalue weighted by molar-refractivity contribution is 0.140. The second-order valence-electron chi connectivity index (χ2n) is 4.63. The van der Waals surface area contributed by atoms with Crippen molar-refractivity contribution in [1.82, 2.24) is 10.1 Å². The highest BCUT2D eigenvalue weighted by Gasteiger charge is 2.31. The monoisotopic (exact) mass is 248 g/mol. The summed E-state index contributed by atoms with van der Waals surface area (Å²) in [5.74, 6) is 0.785. The summed E-state index contributed by atoms with van der Waals surface area (Å²) >= 11 is 0. The molecule has 3 rings (SSSR count). The number of aromatic nitrogens is 2. The first-order valence-corrected chi connectivity index (χ1v) is 5.99. The quantitative estimate of drug-likeness (QED) is 0.901.